The maximum absolute atomic E-state index is 14.0. The molecule has 0 saturated carbocycles. The number of rotatable bonds is 9. The average Bonchev–Trinajstić information content (AvgIpc) is 2.46. The van der Waals surface area contributed by atoms with Gasteiger partial charge in [-0.1, -0.05) is 38.8 Å². The first-order chi connectivity index (χ1) is 11.3. The molecule has 4 nitrogen and oxygen atoms in total. The normalized spacial score (nSPS) is 13.6. The van der Waals surface area contributed by atoms with E-state index in [0.29, 0.717) is 30.7 Å². The van der Waals surface area contributed by atoms with Crippen LogP contribution in [0.2, 0.25) is 0 Å². The Morgan fingerprint density at radius 3 is 2.54 bits per heavy atom. The predicted molar refractivity (Wildman–Crippen MR) is 100 cm³/mol. The van der Waals surface area contributed by atoms with Gasteiger partial charge in [0.05, 0.1) is 6.54 Å². The highest BCUT2D eigenvalue weighted by atomic mass is 19.1. The lowest BCUT2D eigenvalue weighted by atomic mass is 10.0. The first kappa shape index (κ1) is 20.4. The molecule has 1 atom stereocenters. The molecule has 0 radical (unpaired) electrons. The average molecular weight is 336 g/mol. The summed E-state index contributed by atoms with van der Waals surface area (Å²) in [5.41, 5.74) is 7.44. The van der Waals surface area contributed by atoms with Gasteiger partial charge in [-0.05, 0) is 45.0 Å². The molecule has 0 fully saturated rings. The van der Waals surface area contributed by atoms with Crippen molar-refractivity contribution in [2.24, 2.45) is 16.6 Å². The molecule has 3 N–H and O–H groups in total. The largest absolute Gasteiger partial charge is 0.370 e. The van der Waals surface area contributed by atoms with Crippen LogP contribution < -0.4 is 11.1 Å². The maximum atomic E-state index is 14.0. The summed E-state index contributed by atoms with van der Waals surface area (Å²) >= 11 is 0. The molecule has 0 heterocycles. The van der Waals surface area contributed by atoms with Gasteiger partial charge in [0.25, 0.3) is 0 Å². The van der Waals surface area contributed by atoms with Gasteiger partial charge in [-0.25, -0.2) is 9.38 Å². The number of hydrogen-bond acceptors (Lipinski definition) is 2. The zero-order valence-corrected chi connectivity index (χ0v) is 15.8. The van der Waals surface area contributed by atoms with Crippen LogP contribution in [0.4, 0.5) is 4.39 Å². The van der Waals surface area contributed by atoms with Crippen LogP contribution in [0.3, 0.4) is 0 Å². The number of hydrogen-bond donors (Lipinski definition) is 2. The molecule has 24 heavy (non-hydrogen) atoms. The van der Waals surface area contributed by atoms with Crippen LogP contribution in [-0.2, 0) is 13.1 Å². The second-order valence-electron chi connectivity index (χ2n) is 7.24. The fourth-order valence-corrected chi connectivity index (χ4v) is 2.54. The minimum absolute atomic E-state index is 0.190. The van der Waals surface area contributed by atoms with Gasteiger partial charge in [-0.15, -0.1) is 0 Å². The Morgan fingerprint density at radius 2 is 1.96 bits per heavy atom. The summed E-state index contributed by atoms with van der Waals surface area (Å²) in [6.45, 7) is 7.55. The van der Waals surface area contributed by atoms with Crippen molar-refractivity contribution >= 4 is 5.96 Å². The lowest BCUT2D eigenvalue weighted by Gasteiger charge is -2.15. The molecular weight excluding hydrogens is 303 g/mol. The third-order valence-electron chi connectivity index (χ3n) is 3.85. The van der Waals surface area contributed by atoms with Gasteiger partial charge in [0.15, 0.2) is 5.96 Å². The minimum Gasteiger partial charge on any atom is -0.370 e. The molecule has 1 aromatic rings. The first-order valence-electron chi connectivity index (χ1n) is 8.76. The number of nitrogens with zero attached hydrogens (tertiary/aromatic N) is 2. The van der Waals surface area contributed by atoms with Crippen LogP contribution in [0.25, 0.3) is 0 Å². The Labute approximate surface area is 146 Å². The molecule has 0 aliphatic heterocycles. The first-order valence-corrected chi connectivity index (χ1v) is 8.76. The van der Waals surface area contributed by atoms with Gasteiger partial charge >= 0.3 is 0 Å². The van der Waals surface area contributed by atoms with Crippen molar-refractivity contribution in [3.8, 4) is 0 Å². The Hall–Kier alpha value is -1.62. The van der Waals surface area contributed by atoms with Crippen LogP contribution in [-0.4, -0.2) is 31.0 Å². The molecule has 1 rings (SSSR count). The molecule has 0 aromatic heterocycles. The second-order valence-corrected chi connectivity index (χ2v) is 7.24. The van der Waals surface area contributed by atoms with Crippen molar-refractivity contribution in [2.45, 2.75) is 59.2 Å². The van der Waals surface area contributed by atoms with Crippen molar-refractivity contribution in [2.75, 3.05) is 14.1 Å². The predicted octanol–water partition coefficient (Wildman–Crippen LogP) is 3.51. The van der Waals surface area contributed by atoms with E-state index in [0.717, 1.165) is 17.9 Å². The van der Waals surface area contributed by atoms with Gasteiger partial charge in [-0.2, -0.15) is 0 Å². The van der Waals surface area contributed by atoms with Crippen LogP contribution >= 0.6 is 0 Å². The molecule has 1 unspecified atom stereocenters. The van der Waals surface area contributed by atoms with Crippen molar-refractivity contribution < 1.29 is 4.39 Å². The van der Waals surface area contributed by atoms with Crippen molar-refractivity contribution in [1.29, 1.82) is 0 Å². The summed E-state index contributed by atoms with van der Waals surface area (Å²) in [7, 11) is 3.85. The molecule has 0 bridgehead atoms. The van der Waals surface area contributed by atoms with E-state index in [9.17, 15) is 4.39 Å². The monoisotopic (exact) mass is 336 g/mol. The van der Waals surface area contributed by atoms with Gasteiger partial charge in [-0.3, -0.25) is 0 Å². The van der Waals surface area contributed by atoms with Gasteiger partial charge in [0.1, 0.15) is 5.82 Å². The van der Waals surface area contributed by atoms with Gasteiger partial charge < -0.3 is 16.0 Å². The smallest absolute Gasteiger partial charge is 0.189 e. The minimum atomic E-state index is -0.190. The topological polar surface area (TPSA) is 53.6 Å². The highest BCUT2D eigenvalue weighted by Gasteiger charge is 2.06. The quantitative estimate of drug-likeness (QED) is 0.536. The summed E-state index contributed by atoms with van der Waals surface area (Å²) in [6, 6.07) is 5.57. The number of aliphatic imine (C=N–C) groups is 1. The highest BCUT2D eigenvalue weighted by molar-refractivity contribution is 5.78. The van der Waals surface area contributed by atoms with Crippen molar-refractivity contribution in [3.05, 3.63) is 35.1 Å². The van der Waals surface area contributed by atoms with Crippen molar-refractivity contribution in [3.63, 3.8) is 0 Å². The van der Waals surface area contributed by atoms with E-state index in [2.05, 4.69) is 31.1 Å². The van der Waals surface area contributed by atoms with E-state index in [-0.39, 0.29) is 5.82 Å². The SMILES string of the molecule is CC(C)CCCC(C)NC(N)=NCc1ccc(CN(C)C)c(F)c1. The molecule has 0 saturated heterocycles. The number of benzene rings is 1. The Balaban J connectivity index is 2.48. The summed E-state index contributed by atoms with van der Waals surface area (Å²) in [6.07, 6.45) is 3.47. The fraction of sp³-hybridized carbons (Fsp3) is 0.632. The Kier molecular flexibility index (Phi) is 8.76. The number of halogens is 1. The zero-order valence-electron chi connectivity index (χ0n) is 15.8. The third-order valence-corrected chi connectivity index (χ3v) is 3.85. The molecule has 0 aliphatic rings. The number of nitrogens with two attached hydrogens (primary N) is 1. The van der Waals surface area contributed by atoms with E-state index in [1.54, 1.807) is 6.07 Å². The fourth-order valence-electron chi connectivity index (χ4n) is 2.54. The van der Waals surface area contributed by atoms with E-state index in [1.165, 1.54) is 12.8 Å². The van der Waals surface area contributed by atoms with E-state index >= 15 is 0 Å². The molecule has 1 aromatic carbocycles. The summed E-state index contributed by atoms with van der Waals surface area (Å²) in [4.78, 5) is 6.26. The third kappa shape index (κ3) is 8.29. The van der Waals surface area contributed by atoms with Crippen LogP contribution in [0, 0.1) is 11.7 Å². The summed E-state index contributed by atoms with van der Waals surface area (Å²) in [5.74, 6) is 0.961. The molecular formula is C19H33FN4. The summed E-state index contributed by atoms with van der Waals surface area (Å²) < 4.78 is 14.0. The van der Waals surface area contributed by atoms with E-state index in [4.69, 9.17) is 5.73 Å². The second kappa shape index (κ2) is 10.3. The number of guanidine groups is 1. The standard InChI is InChI=1S/C19H33FN4/c1-14(2)7-6-8-15(3)23-19(21)22-12-16-9-10-17(13-24(4)5)18(20)11-16/h9-11,14-15H,6-8,12-13H2,1-5H3,(H3,21,22,23). The zero-order chi connectivity index (χ0) is 18.1. The molecule has 136 valence electrons. The van der Waals surface area contributed by atoms with E-state index < -0.39 is 0 Å². The lowest BCUT2D eigenvalue weighted by molar-refractivity contribution is 0.392. The highest BCUT2D eigenvalue weighted by Crippen LogP contribution is 2.13. The van der Waals surface area contributed by atoms with Crippen molar-refractivity contribution in [1.82, 2.24) is 10.2 Å². The maximum Gasteiger partial charge on any atom is 0.189 e. The number of nitrogens with one attached hydrogen (secondary N) is 1. The van der Waals surface area contributed by atoms with Crippen LogP contribution in [0.5, 0.6) is 0 Å². The van der Waals surface area contributed by atoms with Gasteiger partial charge in [0.2, 0.25) is 0 Å². The van der Waals surface area contributed by atoms with E-state index in [1.807, 2.05) is 31.1 Å². The molecule has 0 aliphatic carbocycles. The Bertz CT molecular complexity index is 526. The Morgan fingerprint density at radius 1 is 1.25 bits per heavy atom. The van der Waals surface area contributed by atoms with Crippen LogP contribution in [0.15, 0.2) is 23.2 Å². The van der Waals surface area contributed by atoms with Gasteiger partial charge in [0, 0.05) is 18.2 Å². The van der Waals surface area contributed by atoms with Crippen LogP contribution in [0.1, 0.15) is 51.2 Å². The molecule has 0 spiro atoms. The molecule has 5 heteroatoms. The lowest BCUT2D eigenvalue weighted by Crippen LogP contribution is -2.38. The molecule has 0 amide bonds. The summed E-state index contributed by atoms with van der Waals surface area (Å²) in [5, 5.41) is 3.20.